The molecule has 1 aromatic heterocycles. The number of halogens is 2. The minimum Gasteiger partial charge on any atom is -0.464 e. The van der Waals surface area contributed by atoms with Gasteiger partial charge in [0.25, 0.3) is 0 Å². The van der Waals surface area contributed by atoms with Gasteiger partial charge in [-0.2, -0.15) is 5.10 Å². The molecule has 1 heterocycles. The number of aryl methyl sites for hydroxylation is 1. The van der Waals surface area contributed by atoms with Crippen LogP contribution < -0.4 is 0 Å². The van der Waals surface area contributed by atoms with Gasteiger partial charge in [0.15, 0.2) is 5.69 Å². The van der Waals surface area contributed by atoms with E-state index in [1.165, 1.54) is 18.0 Å². The highest BCUT2D eigenvalue weighted by molar-refractivity contribution is 6.33. The molecule has 0 bridgehead atoms. The third kappa shape index (κ3) is 2.18. The number of hydrogen-bond donors (Lipinski definition) is 0. The zero-order valence-electron chi connectivity index (χ0n) is 6.96. The summed E-state index contributed by atoms with van der Waals surface area (Å²) in [5, 5.41) is 3.91. The van der Waals surface area contributed by atoms with Crippen LogP contribution in [0.5, 0.6) is 0 Å². The fourth-order valence-electron chi connectivity index (χ4n) is 0.833. The molecule has 0 aliphatic carbocycles. The maximum atomic E-state index is 11.9. The van der Waals surface area contributed by atoms with Crippen LogP contribution in [-0.4, -0.2) is 29.5 Å². The molecule has 0 radical (unpaired) electrons. The molecule has 0 N–H and O–H groups in total. The third-order valence-corrected chi connectivity index (χ3v) is 1.69. The van der Waals surface area contributed by atoms with E-state index in [1.54, 1.807) is 0 Å². The Kier molecular flexibility index (Phi) is 3.25. The van der Waals surface area contributed by atoms with Gasteiger partial charge in [-0.1, -0.05) is 11.6 Å². The second-order valence-electron chi connectivity index (χ2n) is 2.27. The summed E-state index contributed by atoms with van der Waals surface area (Å²) in [6.07, 6.45) is 1.38. The van der Waals surface area contributed by atoms with Crippen LogP contribution in [-0.2, 0) is 11.3 Å². The molecule has 6 heteroatoms. The number of hydrogen-bond acceptors (Lipinski definition) is 3. The normalized spacial score (nSPS) is 10.1. The predicted molar refractivity (Wildman–Crippen MR) is 44.6 cm³/mol. The molecular weight excluding hydrogens is 199 g/mol. The molecule has 0 saturated carbocycles. The van der Waals surface area contributed by atoms with E-state index in [1.807, 2.05) is 0 Å². The second-order valence-corrected chi connectivity index (χ2v) is 2.68. The Morgan fingerprint density at radius 3 is 3.08 bits per heavy atom. The lowest BCUT2D eigenvalue weighted by molar-refractivity contribution is 0.0593. The van der Waals surface area contributed by atoms with E-state index in [0.717, 1.165) is 0 Å². The van der Waals surface area contributed by atoms with Crippen LogP contribution in [0.15, 0.2) is 6.20 Å². The van der Waals surface area contributed by atoms with Crippen LogP contribution in [0.4, 0.5) is 4.39 Å². The molecule has 72 valence electrons. The minimum atomic E-state index is -0.623. The zero-order chi connectivity index (χ0) is 9.84. The Hall–Kier alpha value is -1.10. The van der Waals surface area contributed by atoms with Gasteiger partial charge in [-0.05, 0) is 0 Å². The number of nitrogens with zero attached hydrogens (tertiary/aromatic N) is 2. The lowest BCUT2D eigenvalue weighted by atomic mass is 10.4. The van der Waals surface area contributed by atoms with E-state index in [2.05, 4.69) is 9.84 Å². The van der Waals surface area contributed by atoms with Crippen LogP contribution in [0.3, 0.4) is 0 Å². The number of alkyl halides is 1. The van der Waals surface area contributed by atoms with Gasteiger partial charge < -0.3 is 4.74 Å². The van der Waals surface area contributed by atoms with Crippen molar-refractivity contribution in [2.24, 2.45) is 0 Å². The summed E-state index contributed by atoms with van der Waals surface area (Å²) >= 11 is 5.65. The molecule has 0 amide bonds. The quantitative estimate of drug-likeness (QED) is 0.700. The van der Waals surface area contributed by atoms with Crippen molar-refractivity contribution in [3.05, 3.63) is 16.9 Å². The molecular formula is C7H8ClFN2O2. The molecule has 0 aromatic carbocycles. The highest BCUT2D eigenvalue weighted by Gasteiger charge is 2.15. The number of rotatable bonds is 3. The fraction of sp³-hybridized carbons (Fsp3) is 0.429. The van der Waals surface area contributed by atoms with E-state index in [4.69, 9.17) is 11.6 Å². The lowest BCUT2D eigenvalue weighted by Crippen LogP contribution is -2.06. The summed E-state index contributed by atoms with van der Waals surface area (Å²) in [5.74, 6) is -0.623. The first-order valence-corrected chi connectivity index (χ1v) is 3.94. The number of esters is 1. The lowest BCUT2D eigenvalue weighted by Gasteiger charge is -1.94. The molecule has 0 fully saturated rings. The number of methoxy groups -OCH3 is 1. The summed E-state index contributed by atoms with van der Waals surface area (Å²) in [7, 11) is 1.23. The average molecular weight is 207 g/mol. The van der Waals surface area contributed by atoms with Gasteiger partial charge in [-0.15, -0.1) is 0 Å². The molecule has 13 heavy (non-hydrogen) atoms. The van der Waals surface area contributed by atoms with Crippen molar-refractivity contribution in [3.63, 3.8) is 0 Å². The molecule has 4 nitrogen and oxygen atoms in total. The molecule has 1 aromatic rings. The number of carbonyl (C=O) groups is 1. The van der Waals surface area contributed by atoms with E-state index < -0.39 is 12.6 Å². The Bertz CT molecular complexity index is 313. The number of carbonyl (C=O) groups excluding carboxylic acids is 1. The Balaban J connectivity index is 2.89. The second kappa shape index (κ2) is 4.23. The summed E-state index contributed by atoms with van der Waals surface area (Å²) in [6.45, 7) is -0.477. The summed E-state index contributed by atoms with van der Waals surface area (Å²) in [5.41, 5.74) is 0.0117. The molecule has 0 spiro atoms. The predicted octanol–water partition coefficient (Wildman–Crippen LogP) is 1.29. The molecule has 0 saturated heterocycles. The van der Waals surface area contributed by atoms with Gasteiger partial charge >= 0.3 is 5.97 Å². The molecule has 0 aliphatic heterocycles. The number of aromatic nitrogens is 2. The first-order valence-electron chi connectivity index (χ1n) is 3.56. The highest BCUT2D eigenvalue weighted by atomic mass is 35.5. The number of ether oxygens (including phenoxy) is 1. The zero-order valence-corrected chi connectivity index (χ0v) is 7.71. The van der Waals surface area contributed by atoms with Crippen molar-refractivity contribution < 1.29 is 13.9 Å². The van der Waals surface area contributed by atoms with Gasteiger partial charge in [0.2, 0.25) is 0 Å². The van der Waals surface area contributed by atoms with Crippen molar-refractivity contribution in [2.75, 3.05) is 13.8 Å². The van der Waals surface area contributed by atoms with Crippen molar-refractivity contribution in [1.82, 2.24) is 9.78 Å². The van der Waals surface area contributed by atoms with Gasteiger partial charge in [0.1, 0.15) is 6.67 Å². The van der Waals surface area contributed by atoms with Gasteiger partial charge in [-0.3, -0.25) is 4.68 Å². The van der Waals surface area contributed by atoms with Crippen molar-refractivity contribution >= 4 is 17.6 Å². The Morgan fingerprint density at radius 1 is 1.85 bits per heavy atom. The van der Waals surface area contributed by atoms with Crippen LogP contribution in [0.25, 0.3) is 0 Å². The smallest absolute Gasteiger partial charge is 0.360 e. The standard InChI is InChI=1S/C7H8ClFN2O2/c1-13-7(12)6-5(8)4-11(10-6)3-2-9/h4H,2-3H2,1H3. The maximum absolute atomic E-state index is 11.9. The monoisotopic (exact) mass is 206 g/mol. The van der Waals surface area contributed by atoms with Crippen molar-refractivity contribution in [3.8, 4) is 0 Å². The topological polar surface area (TPSA) is 44.1 Å². The van der Waals surface area contributed by atoms with Crippen LogP contribution >= 0.6 is 11.6 Å². The highest BCUT2D eigenvalue weighted by Crippen LogP contribution is 2.14. The SMILES string of the molecule is COC(=O)c1nn(CCF)cc1Cl. The Morgan fingerprint density at radius 2 is 2.54 bits per heavy atom. The van der Waals surface area contributed by atoms with E-state index >= 15 is 0 Å². The van der Waals surface area contributed by atoms with Crippen LogP contribution in [0, 0.1) is 0 Å². The summed E-state index contributed by atoms with van der Waals surface area (Å²) < 4.78 is 17.6. The van der Waals surface area contributed by atoms with Crippen molar-refractivity contribution in [2.45, 2.75) is 6.54 Å². The molecule has 0 atom stereocenters. The van der Waals surface area contributed by atoms with E-state index in [-0.39, 0.29) is 17.3 Å². The first-order chi connectivity index (χ1) is 6.19. The summed E-state index contributed by atoms with van der Waals surface area (Å²) in [4.78, 5) is 11.0. The third-order valence-electron chi connectivity index (χ3n) is 1.41. The average Bonchev–Trinajstić information content (AvgIpc) is 2.46. The first kappa shape index (κ1) is 9.98. The van der Waals surface area contributed by atoms with Gasteiger partial charge in [0, 0.05) is 6.20 Å². The van der Waals surface area contributed by atoms with Crippen molar-refractivity contribution in [1.29, 1.82) is 0 Å². The van der Waals surface area contributed by atoms with E-state index in [9.17, 15) is 9.18 Å². The molecule has 0 unspecified atom stereocenters. The van der Waals surface area contributed by atoms with E-state index in [0.29, 0.717) is 0 Å². The van der Waals surface area contributed by atoms with Crippen LogP contribution in [0.2, 0.25) is 5.02 Å². The van der Waals surface area contributed by atoms with Gasteiger partial charge in [0.05, 0.1) is 18.7 Å². The molecule has 0 aliphatic rings. The van der Waals surface area contributed by atoms with Gasteiger partial charge in [-0.25, -0.2) is 9.18 Å². The largest absolute Gasteiger partial charge is 0.464 e. The minimum absolute atomic E-state index is 0.0117. The molecule has 1 rings (SSSR count). The summed E-state index contributed by atoms with van der Waals surface area (Å²) in [6, 6.07) is 0. The Labute approximate surface area is 79.2 Å². The maximum Gasteiger partial charge on any atom is 0.360 e. The fourth-order valence-corrected chi connectivity index (χ4v) is 1.06. The van der Waals surface area contributed by atoms with Crippen LogP contribution in [0.1, 0.15) is 10.5 Å².